The van der Waals surface area contributed by atoms with Crippen LogP contribution in [0, 0.1) is 16.0 Å². The Morgan fingerprint density at radius 2 is 1.76 bits per heavy atom. The van der Waals surface area contributed by atoms with Crippen molar-refractivity contribution in [3.63, 3.8) is 0 Å². The largest absolute Gasteiger partial charge is 0.292 e. The van der Waals surface area contributed by atoms with Crippen LogP contribution in [0.5, 0.6) is 0 Å². The summed E-state index contributed by atoms with van der Waals surface area (Å²) in [6, 6.07) is 5.08. The van der Waals surface area contributed by atoms with Crippen LogP contribution in [-0.2, 0) is 9.59 Å². The van der Waals surface area contributed by atoms with E-state index in [9.17, 15) is 24.5 Å². The molecule has 0 radical (unpaired) electrons. The van der Waals surface area contributed by atoms with Crippen LogP contribution >= 0.6 is 0 Å². The van der Waals surface area contributed by atoms with Crippen LogP contribution in [0.3, 0.4) is 0 Å². The number of imide groups is 1. The zero-order valence-corrected chi connectivity index (χ0v) is 11.4. The first-order valence-electron chi connectivity index (χ1n) is 6.49. The van der Waals surface area contributed by atoms with E-state index in [0.29, 0.717) is 0 Å². The predicted molar refractivity (Wildman–Crippen MR) is 72.5 cm³/mol. The highest BCUT2D eigenvalue weighted by molar-refractivity contribution is 6.05. The minimum absolute atomic E-state index is 0.00396. The highest BCUT2D eigenvalue weighted by Gasteiger charge is 2.31. The summed E-state index contributed by atoms with van der Waals surface area (Å²) in [5.41, 5.74) is 0.116. The van der Waals surface area contributed by atoms with Gasteiger partial charge < -0.3 is 0 Å². The number of non-ortho nitro benzene ring substituents is 1. The van der Waals surface area contributed by atoms with Crippen molar-refractivity contribution in [3.8, 4) is 0 Å². The molecule has 1 aromatic carbocycles. The van der Waals surface area contributed by atoms with Crippen molar-refractivity contribution in [2.75, 3.05) is 6.54 Å². The van der Waals surface area contributed by atoms with Crippen LogP contribution in [0.2, 0.25) is 0 Å². The monoisotopic (exact) mass is 290 g/mol. The number of nitrogens with zero attached hydrogens (tertiary/aromatic N) is 2. The molecule has 1 fully saturated rings. The molecular weight excluding hydrogens is 276 g/mol. The number of benzene rings is 1. The summed E-state index contributed by atoms with van der Waals surface area (Å²) < 4.78 is 0. The van der Waals surface area contributed by atoms with Crippen molar-refractivity contribution in [2.24, 2.45) is 5.92 Å². The van der Waals surface area contributed by atoms with Gasteiger partial charge in [-0.3, -0.25) is 29.4 Å². The Kier molecular flexibility index (Phi) is 4.11. The fourth-order valence-corrected chi connectivity index (χ4v) is 2.21. The second-order valence-electron chi connectivity index (χ2n) is 5.11. The van der Waals surface area contributed by atoms with Gasteiger partial charge in [-0.1, -0.05) is 6.92 Å². The Balaban J connectivity index is 2.09. The molecule has 1 aliphatic heterocycles. The fourth-order valence-electron chi connectivity index (χ4n) is 2.21. The van der Waals surface area contributed by atoms with Gasteiger partial charge in [0.2, 0.25) is 11.8 Å². The quantitative estimate of drug-likeness (QED) is 0.363. The van der Waals surface area contributed by atoms with Gasteiger partial charge in [-0.2, -0.15) is 0 Å². The first-order chi connectivity index (χ1) is 9.88. The number of Topliss-reactive ketones (excluding diaryl/α,β-unsaturated/α-hetero) is 1. The van der Waals surface area contributed by atoms with Crippen LogP contribution in [-0.4, -0.2) is 34.0 Å². The second kappa shape index (κ2) is 5.82. The van der Waals surface area contributed by atoms with Gasteiger partial charge in [0.1, 0.15) is 0 Å². The number of hydrogen-bond acceptors (Lipinski definition) is 5. The topological polar surface area (TPSA) is 97.6 Å². The molecule has 0 spiro atoms. The standard InChI is InChI=1S/C14H14N2O5/c1-9-6-13(18)15(14(19)7-9)8-12(17)10-2-4-11(5-3-10)16(20)21/h2-5,9H,6-8H2,1H3. The third-order valence-electron chi connectivity index (χ3n) is 3.35. The molecule has 2 amide bonds. The number of likely N-dealkylation sites (tertiary alicyclic amines) is 1. The number of amides is 2. The van der Waals surface area contributed by atoms with Crippen molar-refractivity contribution >= 4 is 23.3 Å². The number of carbonyl (C=O) groups excluding carboxylic acids is 3. The van der Waals surface area contributed by atoms with Crippen LogP contribution < -0.4 is 0 Å². The molecule has 7 nitrogen and oxygen atoms in total. The molecule has 0 aliphatic carbocycles. The van der Waals surface area contributed by atoms with E-state index in [0.717, 1.165) is 4.90 Å². The molecule has 0 atom stereocenters. The van der Waals surface area contributed by atoms with Crippen molar-refractivity contribution in [3.05, 3.63) is 39.9 Å². The minimum Gasteiger partial charge on any atom is -0.292 e. The molecule has 1 aromatic rings. The predicted octanol–water partition coefficient (Wildman–Crippen LogP) is 1.56. The van der Waals surface area contributed by atoms with Crippen LogP contribution in [0.25, 0.3) is 0 Å². The van der Waals surface area contributed by atoms with E-state index >= 15 is 0 Å². The molecule has 21 heavy (non-hydrogen) atoms. The summed E-state index contributed by atoms with van der Waals surface area (Å²) in [5.74, 6) is -1.13. The van der Waals surface area contributed by atoms with E-state index in [2.05, 4.69) is 0 Å². The Labute approximate surface area is 120 Å². The minimum atomic E-state index is -0.562. The van der Waals surface area contributed by atoms with Gasteiger partial charge in [0, 0.05) is 30.5 Å². The number of ketones is 1. The molecule has 0 bridgehead atoms. The van der Waals surface area contributed by atoms with E-state index in [4.69, 9.17) is 0 Å². The first-order valence-corrected chi connectivity index (χ1v) is 6.49. The first kappa shape index (κ1) is 14.8. The average Bonchev–Trinajstić information content (AvgIpc) is 2.42. The van der Waals surface area contributed by atoms with Gasteiger partial charge in [-0.15, -0.1) is 0 Å². The highest BCUT2D eigenvalue weighted by atomic mass is 16.6. The maximum absolute atomic E-state index is 12.1. The summed E-state index contributed by atoms with van der Waals surface area (Å²) in [7, 11) is 0. The van der Waals surface area contributed by atoms with E-state index in [1.807, 2.05) is 6.92 Å². The van der Waals surface area contributed by atoms with Crippen LogP contribution in [0.1, 0.15) is 30.1 Å². The summed E-state index contributed by atoms with van der Waals surface area (Å²) in [4.78, 5) is 46.6. The summed E-state index contributed by atoms with van der Waals surface area (Å²) in [6.45, 7) is 1.49. The van der Waals surface area contributed by atoms with Gasteiger partial charge in [-0.25, -0.2) is 0 Å². The maximum Gasteiger partial charge on any atom is 0.269 e. The normalized spacial score (nSPS) is 16.1. The smallest absolute Gasteiger partial charge is 0.269 e. The summed E-state index contributed by atoms with van der Waals surface area (Å²) >= 11 is 0. The van der Waals surface area contributed by atoms with Crippen molar-refractivity contribution < 1.29 is 19.3 Å². The van der Waals surface area contributed by atoms with Crippen molar-refractivity contribution in [1.82, 2.24) is 4.90 Å². The van der Waals surface area contributed by atoms with Gasteiger partial charge in [0.15, 0.2) is 5.78 Å². The average molecular weight is 290 g/mol. The third-order valence-corrected chi connectivity index (χ3v) is 3.35. The van der Waals surface area contributed by atoms with Gasteiger partial charge in [0.05, 0.1) is 11.5 Å². The molecule has 0 aromatic heterocycles. The van der Waals surface area contributed by atoms with Gasteiger partial charge in [0.25, 0.3) is 5.69 Å². The van der Waals surface area contributed by atoms with Gasteiger partial charge >= 0.3 is 0 Å². The molecule has 7 heteroatoms. The lowest BCUT2D eigenvalue weighted by molar-refractivity contribution is -0.384. The lowest BCUT2D eigenvalue weighted by atomic mass is 9.97. The number of piperidine rings is 1. The van der Waals surface area contributed by atoms with E-state index in [-0.39, 0.29) is 48.4 Å². The second-order valence-corrected chi connectivity index (χ2v) is 5.11. The van der Waals surface area contributed by atoms with E-state index in [1.165, 1.54) is 24.3 Å². The zero-order chi connectivity index (χ0) is 15.6. The molecule has 2 rings (SSSR count). The van der Waals surface area contributed by atoms with Gasteiger partial charge in [-0.05, 0) is 18.1 Å². The molecular formula is C14H14N2O5. The maximum atomic E-state index is 12.1. The lowest BCUT2D eigenvalue weighted by Gasteiger charge is -2.27. The molecule has 0 saturated carbocycles. The highest BCUT2D eigenvalue weighted by Crippen LogP contribution is 2.19. The van der Waals surface area contributed by atoms with E-state index < -0.39 is 10.7 Å². The lowest BCUT2D eigenvalue weighted by Crippen LogP contribution is -2.45. The molecule has 1 heterocycles. The van der Waals surface area contributed by atoms with Crippen molar-refractivity contribution in [1.29, 1.82) is 0 Å². The number of nitro benzene ring substituents is 1. The molecule has 1 aliphatic rings. The zero-order valence-electron chi connectivity index (χ0n) is 11.4. The Morgan fingerprint density at radius 3 is 2.24 bits per heavy atom. The molecule has 110 valence electrons. The Hall–Kier alpha value is -2.57. The molecule has 1 saturated heterocycles. The Morgan fingerprint density at radius 1 is 1.24 bits per heavy atom. The molecule has 0 N–H and O–H groups in total. The fraction of sp³-hybridized carbons (Fsp3) is 0.357. The van der Waals surface area contributed by atoms with Crippen molar-refractivity contribution in [2.45, 2.75) is 19.8 Å². The summed E-state index contributed by atoms with van der Waals surface area (Å²) in [6.07, 6.45) is 0.499. The molecule has 0 unspecified atom stereocenters. The number of hydrogen-bond donors (Lipinski definition) is 0. The number of nitro groups is 1. The third kappa shape index (κ3) is 3.31. The Bertz CT molecular complexity index is 590. The number of rotatable bonds is 4. The van der Waals surface area contributed by atoms with Crippen LogP contribution in [0.4, 0.5) is 5.69 Å². The number of carbonyl (C=O) groups is 3. The summed E-state index contributed by atoms with van der Waals surface area (Å²) in [5, 5.41) is 10.5. The van der Waals surface area contributed by atoms with Crippen LogP contribution in [0.15, 0.2) is 24.3 Å². The SMILES string of the molecule is CC1CC(=O)N(CC(=O)c2ccc([N+](=O)[O-])cc2)C(=O)C1. The van der Waals surface area contributed by atoms with E-state index in [1.54, 1.807) is 0 Å².